The molecule has 0 saturated carbocycles. The summed E-state index contributed by atoms with van der Waals surface area (Å²) in [5, 5.41) is 0. The van der Waals surface area contributed by atoms with E-state index in [4.69, 9.17) is 12.2 Å². The lowest BCUT2D eigenvalue weighted by molar-refractivity contribution is 0.0849. The number of H-pyrrole nitrogens is 2. The van der Waals surface area contributed by atoms with Gasteiger partial charge < -0.3 is 9.97 Å². The molecule has 0 aliphatic heterocycles. The average molecular weight is 404 g/mol. The number of aromatic nitrogens is 2. The fraction of sp³-hybridized carbons (Fsp3) is 0.278. The van der Waals surface area contributed by atoms with Gasteiger partial charge in [-0.3, -0.25) is 20.4 Å². The number of hydrogen-bond donors (Lipinski definition) is 4. The molecule has 4 rings (SSSR count). The maximum absolute atomic E-state index is 13.8. The van der Waals surface area contributed by atoms with Crippen LogP contribution in [0.5, 0.6) is 0 Å². The zero-order valence-corrected chi connectivity index (χ0v) is 16.1. The van der Waals surface area contributed by atoms with Crippen LogP contribution in [0, 0.1) is 16.5 Å². The van der Waals surface area contributed by atoms with E-state index in [0.29, 0.717) is 21.8 Å². The van der Waals surface area contributed by atoms with E-state index in [2.05, 4.69) is 27.7 Å². The Morgan fingerprint density at radius 3 is 2.81 bits per heavy atom. The van der Waals surface area contributed by atoms with E-state index >= 15 is 0 Å². The predicted molar refractivity (Wildman–Crippen MR) is 104 cm³/mol. The van der Waals surface area contributed by atoms with Gasteiger partial charge in [-0.1, -0.05) is 6.92 Å². The minimum atomic E-state index is -0.631. The maximum Gasteiger partial charge on any atom is 0.279 e. The number of carbonyl (C=O) groups excluding carboxylic acids is 2. The number of imidazole rings is 1. The van der Waals surface area contributed by atoms with Crippen molar-refractivity contribution in [3.63, 3.8) is 0 Å². The summed E-state index contributed by atoms with van der Waals surface area (Å²) in [4.78, 5) is 32.2. The number of nitrogens with one attached hydrogen (secondary N) is 4. The lowest BCUT2D eigenvalue weighted by Gasteiger charge is -2.16. The van der Waals surface area contributed by atoms with E-state index in [1.807, 2.05) is 6.07 Å². The second kappa shape index (κ2) is 6.90. The number of benzene rings is 1. The van der Waals surface area contributed by atoms with Crippen LogP contribution in [0.15, 0.2) is 18.2 Å². The highest BCUT2D eigenvalue weighted by Gasteiger charge is 2.21. The molecule has 9 heteroatoms. The molecule has 3 aromatic rings. The van der Waals surface area contributed by atoms with E-state index in [1.165, 1.54) is 27.8 Å². The summed E-state index contributed by atoms with van der Waals surface area (Å²) in [7, 11) is 0. The molecule has 1 aliphatic carbocycles. The smallest absolute Gasteiger partial charge is 0.279 e. The van der Waals surface area contributed by atoms with Crippen molar-refractivity contribution in [2.75, 3.05) is 0 Å². The summed E-state index contributed by atoms with van der Waals surface area (Å²) < 4.78 is 14.0. The summed E-state index contributed by atoms with van der Waals surface area (Å²) in [5.74, 6) is -0.979. The highest BCUT2D eigenvalue weighted by atomic mass is 32.1. The molecule has 1 aliphatic rings. The summed E-state index contributed by atoms with van der Waals surface area (Å²) in [6.45, 7) is 2.20. The van der Waals surface area contributed by atoms with Crippen LogP contribution in [0.1, 0.15) is 43.8 Å². The molecule has 1 aromatic carbocycles. The molecule has 0 fully saturated rings. The third-order valence-electron chi connectivity index (χ3n) is 4.68. The third-order valence-corrected chi connectivity index (χ3v) is 6.12. The van der Waals surface area contributed by atoms with Gasteiger partial charge in [0.05, 0.1) is 21.5 Å². The van der Waals surface area contributed by atoms with Gasteiger partial charge in [-0.2, -0.15) is 0 Å². The molecule has 6 nitrogen and oxygen atoms in total. The fourth-order valence-corrected chi connectivity index (χ4v) is 4.66. The molecule has 0 spiro atoms. The largest absolute Gasteiger partial charge is 0.331 e. The molecule has 0 bridgehead atoms. The Hall–Kier alpha value is -2.52. The number of aryl methyl sites for hydroxylation is 1. The van der Waals surface area contributed by atoms with Crippen molar-refractivity contribution >= 4 is 46.4 Å². The molecular formula is C18H17FN4O2S2. The number of halogens is 1. The van der Waals surface area contributed by atoms with Gasteiger partial charge in [-0.25, -0.2) is 4.39 Å². The van der Waals surface area contributed by atoms with Crippen molar-refractivity contribution in [2.24, 2.45) is 5.92 Å². The number of amides is 2. The molecule has 27 heavy (non-hydrogen) atoms. The molecular weight excluding hydrogens is 387 g/mol. The van der Waals surface area contributed by atoms with Gasteiger partial charge in [0, 0.05) is 4.88 Å². The van der Waals surface area contributed by atoms with Crippen molar-refractivity contribution in [2.45, 2.75) is 26.2 Å². The number of aromatic amines is 2. The van der Waals surface area contributed by atoms with E-state index in [9.17, 15) is 14.0 Å². The van der Waals surface area contributed by atoms with Crippen molar-refractivity contribution < 1.29 is 14.0 Å². The van der Waals surface area contributed by atoms with E-state index in [-0.39, 0.29) is 16.2 Å². The summed E-state index contributed by atoms with van der Waals surface area (Å²) >= 11 is 6.44. The van der Waals surface area contributed by atoms with Gasteiger partial charge in [0.15, 0.2) is 4.77 Å². The van der Waals surface area contributed by atoms with Gasteiger partial charge >= 0.3 is 0 Å². The summed E-state index contributed by atoms with van der Waals surface area (Å²) in [6.07, 6.45) is 3.08. The number of rotatable bonds is 2. The molecule has 1 atom stereocenters. The van der Waals surface area contributed by atoms with E-state index < -0.39 is 11.7 Å². The minimum absolute atomic E-state index is 0.0527. The Balaban J connectivity index is 1.50. The third kappa shape index (κ3) is 3.52. The van der Waals surface area contributed by atoms with Crippen LogP contribution >= 0.6 is 23.6 Å². The van der Waals surface area contributed by atoms with Crippen molar-refractivity contribution in [3.8, 4) is 0 Å². The number of fused-ring (bicyclic) bond motifs is 2. The SMILES string of the molecule is CC1CCc2sc(C(=O)NNC(=O)c3cc(F)cc4[nH]c(=S)[nH]c34)cc2C1. The van der Waals surface area contributed by atoms with Crippen LogP contribution in [0.4, 0.5) is 4.39 Å². The number of thiophene rings is 1. The molecule has 2 amide bonds. The molecule has 0 saturated heterocycles. The zero-order valence-electron chi connectivity index (χ0n) is 14.4. The van der Waals surface area contributed by atoms with Crippen molar-refractivity contribution in [3.05, 3.63) is 49.7 Å². The molecule has 1 unspecified atom stereocenters. The van der Waals surface area contributed by atoms with Crippen molar-refractivity contribution in [1.82, 2.24) is 20.8 Å². The molecule has 4 N–H and O–H groups in total. The highest BCUT2D eigenvalue weighted by molar-refractivity contribution is 7.71. The quantitative estimate of drug-likeness (QED) is 0.388. The molecule has 2 aromatic heterocycles. The Labute approximate surface area is 163 Å². The second-order valence-corrected chi connectivity index (χ2v) is 8.32. The fourth-order valence-electron chi connectivity index (χ4n) is 3.35. The predicted octanol–water partition coefficient (Wildman–Crippen LogP) is 3.63. The van der Waals surface area contributed by atoms with Crippen LogP contribution in [-0.2, 0) is 12.8 Å². The Morgan fingerprint density at radius 1 is 1.22 bits per heavy atom. The minimum Gasteiger partial charge on any atom is -0.331 e. The first-order valence-electron chi connectivity index (χ1n) is 8.54. The topological polar surface area (TPSA) is 89.8 Å². The Bertz CT molecular complexity index is 1110. The Kier molecular flexibility index (Phi) is 4.56. The van der Waals surface area contributed by atoms with E-state index in [0.717, 1.165) is 25.3 Å². The Morgan fingerprint density at radius 2 is 2.00 bits per heavy atom. The first-order valence-corrected chi connectivity index (χ1v) is 9.77. The number of hydrazine groups is 1. The molecule has 2 heterocycles. The van der Waals surface area contributed by atoms with Crippen LogP contribution in [0.3, 0.4) is 0 Å². The van der Waals surface area contributed by atoms with Crippen molar-refractivity contribution in [1.29, 1.82) is 0 Å². The van der Waals surface area contributed by atoms with Gasteiger partial charge in [-0.05, 0) is 61.2 Å². The normalized spacial score (nSPS) is 16.1. The molecule has 0 radical (unpaired) electrons. The van der Waals surface area contributed by atoms with Gasteiger partial charge in [0.1, 0.15) is 5.82 Å². The first kappa shape index (κ1) is 17.9. The number of carbonyl (C=O) groups is 2. The zero-order chi connectivity index (χ0) is 19.1. The first-order chi connectivity index (χ1) is 12.9. The lowest BCUT2D eigenvalue weighted by Crippen LogP contribution is -2.41. The standard InChI is InChI=1S/C18H17FN4O2S2/c1-8-2-3-13-9(4-8)5-14(27-13)17(25)23-22-16(24)11-6-10(19)7-12-15(11)21-18(26)20-12/h5-8H,2-4H2,1H3,(H,22,24)(H,23,25)(H2,20,21,26). The average Bonchev–Trinajstić information content (AvgIpc) is 3.20. The van der Waals surface area contributed by atoms with E-state index in [1.54, 1.807) is 0 Å². The van der Waals surface area contributed by atoms with Gasteiger partial charge in [0.25, 0.3) is 11.8 Å². The molecule has 140 valence electrons. The monoisotopic (exact) mass is 404 g/mol. The van der Waals surface area contributed by atoms with Crippen LogP contribution < -0.4 is 10.9 Å². The highest BCUT2D eigenvalue weighted by Crippen LogP contribution is 2.32. The summed E-state index contributed by atoms with van der Waals surface area (Å²) in [5.41, 5.74) is 6.79. The van der Waals surface area contributed by atoms with Gasteiger partial charge in [0.2, 0.25) is 0 Å². The lowest BCUT2D eigenvalue weighted by atomic mass is 9.90. The number of hydrogen-bond acceptors (Lipinski definition) is 4. The van der Waals surface area contributed by atoms with Crippen LogP contribution in [-0.4, -0.2) is 21.8 Å². The van der Waals surface area contributed by atoms with Gasteiger partial charge in [-0.15, -0.1) is 11.3 Å². The summed E-state index contributed by atoms with van der Waals surface area (Å²) in [6, 6.07) is 4.23. The second-order valence-electron chi connectivity index (χ2n) is 6.77. The maximum atomic E-state index is 13.8. The van der Waals surface area contributed by atoms with Crippen LogP contribution in [0.2, 0.25) is 0 Å². The van der Waals surface area contributed by atoms with Crippen LogP contribution in [0.25, 0.3) is 11.0 Å².